The lowest BCUT2D eigenvalue weighted by molar-refractivity contribution is -0.124. The van der Waals surface area contributed by atoms with Crippen molar-refractivity contribution in [3.8, 4) is 11.5 Å². The first-order valence-electron chi connectivity index (χ1n) is 8.14. The fourth-order valence-corrected chi connectivity index (χ4v) is 3.07. The van der Waals surface area contributed by atoms with Crippen molar-refractivity contribution in [2.45, 2.75) is 6.42 Å². The molecule has 0 saturated heterocycles. The lowest BCUT2D eigenvalue weighted by Gasteiger charge is -2.18. The Morgan fingerprint density at radius 2 is 2.08 bits per heavy atom. The number of amides is 1. The van der Waals surface area contributed by atoms with Gasteiger partial charge in [-0.05, 0) is 36.8 Å². The highest BCUT2D eigenvalue weighted by molar-refractivity contribution is 6.08. The Kier molecular flexibility index (Phi) is 4.10. The lowest BCUT2D eigenvalue weighted by Crippen LogP contribution is -2.22. The molecule has 6 heteroatoms. The number of carbonyl (C=O) groups excluding carboxylic acids is 1. The third kappa shape index (κ3) is 2.91. The molecule has 1 aliphatic carbocycles. The number of nitrogens with one attached hydrogen (secondary N) is 1. The second kappa shape index (κ2) is 6.57. The van der Waals surface area contributed by atoms with Crippen LogP contribution in [0, 0.1) is 11.7 Å². The molecule has 0 saturated carbocycles. The van der Waals surface area contributed by atoms with Crippen molar-refractivity contribution in [1.29, 1.82) is 0 Å². The standard InChI is InChI=1S/C20H15FN2O3/c21-14-9-10-17-15(11-14)19(22-16-3-1-2-4-18(16)26-17)12-5-7-13(8-6-12)20(24)23-25/h1-5,7-12,25H,6H2,(H,23,24). The Bertz CT molecular complexity index is 979. The zero-order valence-corrected chi connectivity index (χ0v) is 13.6. The average Bonchev–Trinajstić information content (AvgIpc) is 2.84. The minimum Gasteiger partial charge on any atom is -0.454 e. The van der Waals surface area contributed by atoms with E-state index in [9.17, 15) is 9.18 Å². The number of hydrogen-bond acceptors (Lipinski definition) is 4. The third-order valence-electron chi connectivity index (χ3n) is 4.36. The summed E-state index contributed by atoms with van der Waals surface area (Å²) >= 11 is 0. The topological polar surface area (TPSA) is 70.9 Å². The van der Waals surface area contributed by atoms with Gasteiger partial charge in [0.15, 0.2) is 5.75 Å². The minimum absolute atomic E-state index is 0.152. The molecule has 2 aromatic rings. The van der Waals surface area contributed by atoms with Crippen molar-refractivity contribution < 1.29 is 19.1 Å². The van der Waals surface area contributed by atoms with Crippen LogP contribution in [0.1, 0.15) is 12.0 Å². The van der Waals surface area contributed by atoms with Crippen LogP contribution in [0.4, 0.5) is 10.1 Å². The molecule has 0 radical (unpaired) electrons. The highest BCUT2D eigenvalue weighted by Crippen LogP contribution is 2.39. The fourth-order valence-electron chi connectivity index (χ4n) is 3.07. The molecule has 0 fully saturated rings. The SMILES string of the molecule is O=C(NO)C1=CCC(C2=Nc3ccccc3Oc3ccc(F)cc32)C=C1. The number of halogens is 1. The molecule has 0 aromatic heterocycles. The average molecular weight is 350 g/mol. The molecule has 26 heavy (non-hydrogen) atoms. The number of nitrogens with zero attached hydrogens (tertiary/aromatic N) is 1. The van der Waals surface area contributed by atoms with Gasteiger partial charge in [0, 0.05) is 17.1 Å². The summed E-state index contributed by atoms with van der Waals surface area (Å²) < 4.78 is 19.8. The molecule has 2 aliphatic rings. The van der Waals surface area contributed by atoms with Crippen LogP contribution in [0.2, 0.25) is 0 Å². The largest absolute Gasteiger partial charge is 0.454 e. The van der Waals surface area contributed by atoms with E-state index >= 15 is 0 Å². The van der Waals surface area contributed by atoms with Crippen molar-refractivity contribution in [3.63, 3.8) is 0 Å². The van der Waals surface area contributed by atoms with Crippen LogP contribution in [-0.2, 0) is 4.79 Å². The van der Waals surface area contributed by atoms with Crippen LogP contribution >= 0.6 is 0 Å². The molecule has 1 amide bonds. The molecule has 1 heterocycles. The Balaban J connectivity index is 1.79. The first-order chi connectivity index (χ1) is 12.7. The van der Waals surface area contributed by atoms with Gasteiger partial charge in [0.1, 0.15) is 17.3 Å². The predicted octanol–water partition coefficient (Wildman–Crippen LogP) is 4.06. The van der Waals surface area contributed by atoms with Crippen LogP contribution in [-0.4, -0.2) is 16.8 Å². The molecule has 0 bridgehead atoms. The predicted molar refractivity (Wildman–Crippen MR) is 94.4 cm³/mol. The quantitative estimate of drug-likeness (QED) is 0.634. The van der Waals surface area contributed by atoms with Gasteiger partial charge in [-0.2, -0.15) is 0 Å². The van der Waals surface area contributed by atoms with Gasteiger partial charge < -0.3 is 4.74 Å². The summed E-state index contributed by atoms with van der Waals surface area (Å²) in [6, 6.07) is 11.7. The number of aliphatic imine (C=N–C) groups is 1. The van der Waals surface area contributed by atoms with E-state index in [-0.39, 0.29) is 11.7 Å². The van der Waals surface area contributed by atoms with E-state index in [4.69, 9.17) is 14.9 Å². The van der Waals surface area contributed by atoms with Crippen LogP contribution in [0.15, 0.2) is 71.3 Å². The summed E-state index contributed by atoms with van der Waals surface area (Å²) in [5.41, 5.74) is 3.90. The second-order valence-electron chi connectivity index (χ2n) is 6.01. The Hall–Kier alpha value is -3.25. The van der Waals surface area contributed by atoms with Crippen molar-refractivity contribution in [2.75, 3.05) is 0 Å². The van der Waals surface area contributed by atoms with Crippen LogP contribution < -0.4 is 10.2 Å². The van der Waals surface area contributed by atoms with E-state index < -0.39 is 5.91 Å². The number of para-hydroxylation sites is 2. The van der Waals surface area contributed by atoms with E-state index in [1.54, 1.807) is 23.7 Å². The van der Waals surface area contributed by atoms with Gasteiger partial charge in [-0.1, -0.05) is 30.4 Å². The van der Waals surface area contributed by atoms with Gasteiger partial charge in [-0.3, -0.25) is 10.0 Å². The summed E-state index contributed by atoms with van der Waals surface area (Å²) in [4.78, 5) is 16.3. The number of hydroxylamine groups is 1. The van der Waals surface area contributed by atoms with Crippen molar-refractivity contribution in [2.24, 2.45) is 10.9 Å². The van der Waals surface area contributed by atoms with Gasteiger partial charge in [-0.15, -0.1) is 0 Å². The molecule has 4 rings (SSSR count). The summed E-state index contributed by atoms with van der Waals surface area (Å²) in [6.45, 7) is 0. The maximum atomic E-state index is 13.9. The van der Waals surface area contributed by atoms with E-state index in [0.29, 0.717) is 40.5 Å². The van der Waals surface area contributed by atoms with Gasteiger partial charge >= 0.3 is 0 Å². The highest BCUT2D eigenvalue weighted by Gasteiger charge is 2.25. The second-order valence-corrected chi connectivity index (χ2v) is 6.01. The number of ether oxygens (including phenoxy) is 1. The monoisotopic (exact) mass is 350 g/mol. The van der Waals surface area contributed by atoms with Gasteiger partial charge in [-0.25, -0.2) is 14.9 Å². The molecule has 1 unspecified atom stereocenters. The van der Waals surface area contributed by atoms with Crippen molar-refractivity contribution >= 4 is 17.3 Å². The first-order valence-corrected chi connectivity index (χ1v) is 8.14. The fraction of sp³-hybridized carbons (Fsp3) is 0.100. The Morgan fingerprint density at radius 3 is 2.85 bits per heavy atom. The normalized spacial score (nSPS) is 17.8. The Labute approximate surface area is 149 Å². The van der Waals surface area contributed by atoms with Gasteiger partial charge in [0.05, 0.1) is 5.71 Å². The minimum atomic E-state index is -0.567. The van der Waals surface area contributed by atoms with Gasteiger partial charge in [0.2, 0.25) is 0 Å². The number of fused-ring (bicyclic) bond motifs is 2. The molecule has 130 valence electrons. The van der Waals surface area contributed by atoms with Crippen molar-refractivity contribution in [3.05, 3.63) is 77.6 Å². The van der Waals surface area contributed by atoms with Crippen LogP contribution in [0.3, 0.4) is 0 Å². The van der Waals surface area contributed by atoms with Crippen LogP contribution in [0.5, 0.6) is 11.5 Å². The van der Waals surface area contributed by atoms with Crippen molar-refractivity contribution in [1.82, 2.24) is 5.48 Å². The number of allylic oxidation sites excluding steroid dienone is 2. The van der Waals surface area contributed by atoms with E-state index in [0.717, 1.165) is 0 Å². The Morgan fingerprint density at radius 1 is 1.23 bits per heavy atom. The zero-order chi connectivity index (χ0) is 18.1. The lowest BCUT2D eigenvalue weighted by atomic mass is 9.88. The molecule has 2 N–H and O–H groups in total. The van der Waals surface area contributed by atoms with E-state index in [1.807, 2.05) is 30.3 Å². The summed E-state index contributed by atoms with van der Waals surface area (Å²) in [5.74, 6) is 0.0438. The number of hydrogen-bond donors (Lipinski definition) is 2. The maximum Gasteiger partial charge on any atom is 0.274 e. The first kappa shape index (κ1) is 16.2. The molecular weight excluding hydrogens is 335 g/mol. The molecule has 1 atom stereocenters. The van der Waals surface area contributed by atoms with E-state index in [1.165, 1.54) is 12.1 Å². The molecule has 1 aliphatic heterocycles. The summed E-state index contributed by atoms with van der Waals surface area (Å²) in [5, 5.41) is 8.75. The van der Waals surface area contributed by atoms with E-state index in [2.05, 4.69) is 0 Å². The molecule has 0 spiro atoms. The van der Waals surface area contributed by atoms with Gasteiger partial charge in [0.25, 0.3) is 5.91 Å². The molecule has 5 nitrogen and oxygen atoms in total. The highest BCUT2D eigenvalue weighted by atomic mass is 19.1. The number of rotatable bonds is 2. The molecular formula is C20H15FN2O3. The number of carbonyl (C=O) groups is 1. The van der Waals surface area contributed by atoms with Crippen LogP contribution in [0.25, 0.3) is 0 Å². The summed E-state index contributed by atoms with van der Waals surface area (Å²) in [7, 11) is 0. The summed E-state index contributed by atoms with van der Waals surface area (Å²) in [6.07, 6.45) is 5.66. The number of benzene rings is 2. The molecule has 2 aromatic carbocycles. The maximum absolute atomic E-state index is 13.9. The zero-order valence-electron chi connectivity index (χ0n) is 13.6. The third-order valence-corrected chi connectivity index (χ3v) is 4.36. The smallest absolute Gasteiger partial charge is 0.274 e.